The maximum atomic E-state index is 8.37. The minimum atomic E-state index is -0.225. The molecule has 0 heterocycles. The molecule has 0 aromatic carbocycles. The van der Waals surface area contributed by atoms with Gasteiger partial charge in [-0.15, -0.1) is 0 Å². The van der Waals surface area contributed by atoms with E-state index in [9.17, 15) is 0 Å². The molecule has 3 heteroatoms. The van der Waals surface area contributed by atoms with Crippen LogP contribution in [0.5, 0.6) is 0 Å². The van der Waals surface area contributed by atoms with E-state index in [1.807, 2.05) is 13.0 Å². The summed E-state index contributed by atoms with van der Waals surface area (Å²) in [6.45, 7) is 1.79. The van der Waals surface area contributed by atoms with E-state index in [2.05, 4.69) is 4.99 Å². The molecule has 0 rings (SSSR count). The van der Waals surface area contributed by atoms with Gasteiger partial charge in [-0.3, -0.25) is 0 Å². The number of aliphatic imine (C=N–C) groups is 1. The number of hydrogen-bond acceptors (Lipinski definition) is 3. The summed E-state index contributed by atoms with van der Waals surface area (Å²) < 4.78 is 4.80. The lowest BCUT2D eigenvalue weighted by molar-refractivity contribution is 0.301. The van der Waals surface area contributed by atoms with Crippen molar-refractivity contribution < 1.29 is 9.84 Å². The largest absolute Gasteiger partial charge is 0.481 e. The molecule has 1 N–H and O–H groups in total. The van der Waals surface area contributed by atoms with Gasteiger partial charge in [0.25, 0.3) is 0 Å². The Labute approximate surface area is 61.0 Å². The van der Waals surface area contributed by atoms with Crippen LogP contribution in [0.4, 0.5) is 0 Å². The van der Waals surface area contributed by atoms with Crippen LogP contribution >= 0.6 is 0 Å². The lowest BCUT2D eigenvalue weighted by Crippen LogP contribution is -1.97. The van der Waals surface area contributed by atoms with E-state index in [0.29, 0.717) is 5.90 Å². The highest BCUT2D eigenvalue weighted by atomic mass is 16.5. The minimum absolute atomic E-state index is 0.225. The van der Waals surface area contributed by atoms with Crippen molar-refractivity contribution in [3.63, 3.8) is 0 Å². The van der Waals surface area contributed by atoms with Crippen LogP contribution in [0.2, 0.25) is 0 Å². The van der Waals surface area contributed by atoms with Gasteiger partial charge >= 0.3 is 0 Å². The van der Waals surface area contributed by atoms with Crippen molar-refractivity contribution in [3.05, 3.63) is 12.2 Å². The molecule has 0 fully saturated rings. The van der Waals surface area contributed by atoms with Crippen LogP contribution < -0.4 is 0 Å². The second-order valence-corrected chi connectivity index (χ2v) is 1.65. The lowest BCUT2D eigenvalue weighted by Gasteiger charge is -1.95. The molecule has 3 nitrogen and oxygen atoms in total. The molecule has 0 spiro atoms. The molecule has 0 aliphatic carbocycles. The maximum absolute atomic E-state index is 8.37. The molecule has 0 unspecified atom stereocenters. The fraction of sp³-hybridized carbons (Fsp3) is 0.571. The Morgan fingerprint density at radius 1 is 1.70 bits per heavy atom. The van der Waals surface area contributed by atoms with Crippen LogP contribution in [0.15, 0.2) is 17.1 Å². The first-order chi connectivity index (χ1) is 4.85. The highest BCUT2D eigenvalue weighted by Gasteiger charge is 1.86. The van der Waals surface area contributed by atoms with E-state index >= 15 is 0 Å². The summed E-state index contributed by atoms with van der Waals surface area (Å²) in [5.41, 5.74) is 0. The van der Waals surface area contributed by atoms with Crippen LogP contribution in [0.25, 0.3) is 0 Å². The Morgan fingerprint density at radius 2 is 2.40 bits per heavy atom. The highest BCUT2D eigenvalue weighted by molar-refractivity contribution is 5.87. The first-order valence-electron chi connectivity index (χ1n) is 3.21. The zero-order valence-corrected chi connectivity index (χ0v) is 6.37. The third-order valence-electron chi connectivity index (χ3n) is 0.932. The molecule has 0 saturated carbocycles. The third kappa shape index (κ3) is 4.09. The van der Waals surface area contributed by atoms with Crippen LogP contribution in [-0.2, 0) is 4.74 Å². The third-order valence-corrected chi connectivity index (χ3v) is 0.932. The normalized spacial score (nSPS) is 12.5. The van der Waals surface area contributed by atoms with Gasteiger partial charge in [0.1, 0.15) is 6.73 Å². The molecule has 0 bridgehead atoms. The predicted octanol–water partition coefficient (Wildman–Crippen LogP) is 0.947. The van der Waals surface area contributed by atoms with Gasteiger partial charge in [0.2, 0.25) is 5.90 Å². The minimum Gasteiger partial charge on any atom is -0.481 e. The molecular weight excluding hydrogens is 130 g/mol. The van der Waals surface area contributed by atoms with E-state index in [1.165, 1.54) is 7.11 Å². The highest BCUT2D eigenvalue weighted by Crippen LogP contribution is 1.85. The first-order valence-corrected chi connectivity index (χ1v) is 3.21. The molecule has 0 aliphatic rings. The summed E-state index contributed by atoms with van der Waals surface area (Å²) in [6, 6.07) is 0. The van der Waals surface area contributed by atoms with Gasteiger partial charge < -0.3 is 9.84 Å². The van der Waals surface area contributed by atoms with Crippen molar-refractivity contribution in [2.24, 2.45) is 4.99 Å². The Hall–Kier alpha value is -0.830. The molecule has 10 heavy (non-hydrogen) atoms. The molecule has 0 aromatic heterocycles. The summed E-state index contributed by atoms with van der Waals surface area (Å²) in [5, 5.41) is 8.37. The van der Waals surface area contributed by atoms with Crippen molar-refractivity contribution >= 4 is 5.90 Å². The zero-order chi connectivity index (χ0) is 7.82. The average molecular weight is 143 g/mol. The Bertz CT molecular complexity index is 130. The summed E-state index contributed by atoms with van der Waals surface area (Å²) in [4.78, 5) is 3.64. The number of hydrogen-bond donors (Lipinski definition) is 1. The van der Waals surface area contributed by atoms with E-state index in [4.69, 9.17) is 9.84 Å². The zero-order valence-electron chi connectivity index (χ0n) is 6.37. The number of ether oxygens (including phenoxy) is 1. The lowest BCUT2D eigenvalue weighted by atomic mass is 10.4. The van der Waals surface area contributed by atoms with E-state index in [-0.39, 0.29) is 6.73 Å². The summed E-state index contributed by atoms with van der Waals surface area (Å²) >= 11 is 0. The van der Waals surface area contributed by atoms with Crippen molar-refractivity contribution in [1.29, 1.82) is 0 Å². The van der Waals surface area contributed by atoms with Crippen molar-refractivity contribution in [3.8, 4) is 0 Å². The van der Waals surface area contributed by atoms with E-state index < -0.39 is 0 Å². The van der Waals surface area contributed by atoms with Crippen molar-refractivity contribution in [1.82, 2.24) is 0 Å². The van der Waals surface area contributed by atoms with E-state index in [1.54, 1.807) is 6.08 Å². The summed E-state index contributed by atoms with van der Waals surface area (Å²) in [7, 11) is 1.52. The van der Waals surface area contributed by atoms with Crippen molar-refractivity contribution in [2.45, 2.75) is 13.3 Å². The summed E-state index contributed by atoms with van der Waals surface area (Å²) in [5.74, 6) is 0.462. The van der Waals surface area contributed by atoms with E-state index in [0.717, 1.165) is 6.42 Å². The predicted molar refractivity (Wildman–Crippen MR) is 41.0 cm³/mol. The number of methoxy groups -OCH3 is 1. The quantitative estimate of drug-likeness (QED) is 0.472. The number of aliphatic hydroxyl groups is 1. The standard InChI is InChI=1S/C7H13NO2/c1-3-4-5-7(10-2)8-6-9/h4-5,9H,3,6H2,1-2H3/b5-4-,8-7+. The topological polar surface area (TPSA) is 41.8 Å². The van der Waals surface area contributed by atoms with Crippen LogP contribution in [0, 0.1) is 0 Å². The second kappa shape index (κ2) is 6.29. The average Bonchev–Trinajstić information content (AvgIpc) is 1.98. The molecule has 0 atom stereocenters. The number of nitrogens with zero attached hydrogens (tertiary/aromatic N) is 1. The van der Waals surface area contributed by atoms with Gasteiger partial charge in [-0.2, -0.15) is 0 Å². The van der Waals surface area contributed by atoms with Gasteiger partial charge in [0.15, 0.2) is 0 Å². The number of allylic oxidation sites excluding steroid dienone is 1. The molecule has 0 saturated heterocycles. The Kier molecular flexibility index (Phi) is 5.77. The van der Waals surface area contributed by atoms with Gasteiger partial charge in [0, 0.05) is 0 Å². The molecule has 58 valence electrons. The smallest absolute Gasteiger partial charge is 0.210 e. The van der Waals surface area contributed by atoms with Gasteiger partial charge in [-0.1, -0.05) is 13.0 Å². The molecule has 0 aromatic rings. The van der Waals surface area contributed by atoms with Crippen molar-refractivity contribution in [2.75, 3.05) is 13.8 Å². The molecule has 0 amide bonds. The second-order valence-electron chi connectivity index (χ2n) is 1.65. The SMILES string of the molecule is CC/C=C\C(=N/CO)OC. The molecule has 0 radical (unpaired) electrons. The summed E-state index contributed by atoms with van der Waals surface area (Å²) in [6.07, 6.45) is 4.59. The van der Waals surface area contributed by atoms with Crippen LogP contribution in [-0.4, -0.2) is 24.8 Å². The molecule has 0 aliphatic heterocycles. The van der Waals surface area contributed by atoms with Gasteiger partial charge in [-0.05, 0) is 12.5 Å². The van der Waals surface area contributed by atoms with Crippen LogP contribution in [0.1, 0.15) is 13.3 Å². The molecular formula is C7H13NO2. The maximum Gasteiger partial charge on any atom is 0.210 e. The Morgan fingerprint density at radius 3 is 2.80 bits per heavy atom. The monoisotopic (exact) mass is 143 g/mol. The fourth-order valence-corrected chi connectivity index (χ4v) is 0.474. The number of rotatable bonds is 3. The number of aliphatic hydroxyl groups excluding tert-OH is 1. The fourth-order valence-electron chi connectivity index (χ4n) is 0.474. The Balaban J connectivity index is 3.82. The first kappa shape index (κ1) is 9.17. The van der Waals surface area contributed by atoms with Gasteiger partial charge in [-0.25, -0.2) is 4.99 Å². The van der Waals surface area contributed by atoms with Gasteiger partial charge in [0.05, 0.1) is 7.11 Å². The van der Waals surface area contributed by atoms with Crippen LogP contribution in [0.3, 0.4) is 0 Å².